The lowest BCUT2D eigenvalue weighted by Gasteiger charge is -2.16. The third-order valence-corrected chi connectivity index (χ3v) is 4.51. The molecule has 2 aromatic heterocycles. The normalized spacial score (nSPS) is 25.7. The molecule has 4 atom stereocenters. The van der Waals surface area contributed by atoms with Crippen LogP contribution in [-0.4, -0.2) is 59.8 Å². The molecule has 3 heterocycles. The van der Waals surface area contributed by atoms with Crippen molar-refractivity contribution in [2.45, 2.75) is 24.5 Å². The number of aliphatic hydroxyl groups excluding tert-OH is 3. The standard InChI is InChI=1S/C16H16ClN5O4/c17-8-1-3-9(4-2-8)21-14-11-15(19-6-18-14)22(7-20-11)16-13(25)12(24)10(5-23)26-16/h1-4,6-7,10,12-13,16,23-25H,5H2,(H,18,19,21)/t10-,12-,13-,16?/m1/s1. The minimum atomic E-state index is -1.22. The molecule has 4 N–H and O–H groups in total. The number of fused-ring (bicyclic) bond motifs is 1. The van der Waals surface area contributed by atoms with Crippen molar-refractivity contribution in [1.82, 2.24) is 19.5 Å². The Hall–Kier alpha value is -2.30. The fourth-order valence-corrected chi connectivity index (χ4v) is 3.04. The van der Waals surface area contributed by atoms with E-state index in [1.165, 1.54) is 17.2 Å². The first-order valence-electron chi connectivity index (χ1n) is 7.91. The molecule has 1 aliphatic rings. The Labute approximate surface area is 152 Å². The highest BCUT2D eigenvalue weighted by Gasteiger charge is 2.44. The Morgan fingerprint density at radius 1 is 1.12 bits per heavy atom. The number of nitrogens with one attached hydrogen (secondary N) is 1. The number of benzene rings is 1. The van der Waals surface area contributed by atoms with Gasteiger partial charge in [0.15, 0.2) is 23.2 Å². The van der Waals surface area contributed by atoms with E-state index in [1.54, 1.807) is 24.3 Å². The highest BCUT2D eigenvalue weighted by atomic mass is 35.5. The zero-order valence-electron chi connectivity index (χ0n) is 13.4. The van der Waals surface area contributed by atoms with Crippen molar-refractivity contribution in [3.05, 3.63) is 41.9 Å². The van der Waals surface area contributed by atoms with Crippen LogP contribution in [0.3, 0.4) is 0 Å². The molecule has 1 saturated heterocycles. The van der Waals surface area contributed by atoms with Gasteiger partial charge in [0.1, 0.15) is 24.6 Å². The summed E-state index contributed by atoms with van der Waals surface area (Å²) >= 11 is 5.89. The first-order chi connectivity index (χ1) is 12.6. The van der Waals surface area contributed by atoms with E-state index in [9.17, 15) is 15.3 Å². The van der Waals surface area contributed by atoms with Crippen molar-refractivity contribution in [2.75, 3.05) is 11.9 Å². The minimum Gasteiger partial charge on any atom is -0.394 e. The van der Waals surface area contributed by atoms with Crippen LogP contribution in [0.5, 0.6) is 0 Å². The number of nitrogens with zero attached hydrogens (tertiary/aromatic N) is 4. The molecule has 0 radical (unpaired) electrons. The number of aromatic nitrogens is 4. The summed E-state index contributed by atoms with van der Waals surface area (Å²) in [7, 11) is 0. The van der Waals surface area contributed by atoms with Crippen LogP contribution < -0.4 is 5.32 Å². The third kappa shape index (κ3) is 2.89. The summed E-state index contributed by atoms with van der Waals surface area (Å²) in [6.45, 7) is -0.403. The number of imidazole rings is 1. The zero-order valence-corrected chi connectivity index (χ0v) is 14.2. The van der Waals surface area contributed by atoms with Gasteiger partial charge in [-0.3, -0.25) is 4.57 Å². The second kappa shape index (κ2) is 6.78. The van der Waals surface area contributed by atoms with Crippen molar-refractivity contribution in [2.24, 2.45) is 0 Å². The van der Waals surface area contributed by atoms with Crippen LogP contribution in [0, 0.1) is 0 Å². The summed E-state index contributed by atoms with van der Waals surface area (Å²) in [4.78, 5) is 12.7. The quantitative estimate of drug-likeness (QED) is 0.527. The van der Waals surface area contributed by atoms with E-state index in [0.717, 1.165) is 5.69 Å². The average molecular weight is 378 g/mol. The smallest absolute Gasteiger partial charge is 0.167 e. The largest absolute Gasteiger partial charge is 0.394 e. The van der Waals surface area contributed by atoms with Gasteiger partial charge in [-0.25, -0.2) is 15.0 Å². The first-order valence-corrected chi connectivity index (χ1v) is 8.29. The predicted molar refractivity (Wildman–Crippen MR) is 93.1 cm³/mol. The summed E-state index contributed by atoms with van der Waals surface area (Å²) in [5, 5.41) is 33.2. The van der Waals surface area contributed by atoms with Gasteiger partial charge >= 0.3 is 0 Å². The van der Waals surface area contributed by atoms with Gasteiger partial charge in [-0.2, -0.15) is 0 Å². The summed E-state index contributed by atoms with van der Waals surface area (Å²) in [6.07, 6.45) is -1.39. The summed E-state index contributed by atoms with van der Waals surface area (Å²) < 4.78 is 7.04. The number of anilines is 2. The van der Waals surface area contributed by atoms with E-state index >= 15 is 0 Å². The zero-order chi connectivity index (χ0) is 18.3. The van der Waals surface area contributed by atoms with Crippen LogP contribution in [0.1, 0.15) is 6.23 Å². The van der Waals surface area contributed by atoms with Crippen molar-refractivity contribution in [3.8, 4) is 0 Å². The molecule has 1 fully saturated rings. The Bertz CT molecular complexity index is 919. The van der Waals surface area contributed by atoms with Crippen molar-refractivity contribution in [3.63, 3.8) is 0 Å². The molecule has 0 amide bonds. The number of aliphatic hydroxyl groups is 3. The fourth-order valence-electron chi connectivity index (χ4n) is 2.91. The molecule has 1 aliphatic heterocycles. The van der Waals surface area contributed by atoms with Crippen LogP contribution >= 0.6 is 11.6 Å². The molecule has 10 heteroatoms. The maximum atomic E-state index is 10.2. The number of ether oxygens (including phenoxy) is 1. The summed E-state index contributed by atoms with van der Waals surface area (Å²) in [5.74, 6) is 0.475. The maximum absolute atomic E-state index is 10.2. The fraction of sp³-hybridized carbons (Fsp3) is 0.312. The van der Waals surface area contributed by atoms with Crippen LogP contribution in [0.4, 0.5) is 11.5 Å². The Morgan fingerprint density at radius 3 is 2.58 bits per heavy atom. The van der Waals surface area contributed by atoms with Gasteiger partial charge in [0.2, 0.25) is 0 Å². The Kier molecular flexibility index (Phi) is 4.47. The van der Waals surface area contributed by atoms with E-state index < -0.39 is 31.1 Å². The van der Waals surface area contributed by atoms with E-state index in [0.29, 0.717) is 22.0 Å². The first kappa shape index (κ1) is 17.1. The molecule has 0 spiro atoms. The summed E-state index contributed by atoms with van der Waals surface area (Å²) in [5.41, 5.74) is 1.67. The lowest BCUT2D eigenvalue weighted by atomic mass is 10.1. The Balaban J connectivity index is 1.68. The Morgan fingerprint density at radius 2 is 1.88 bits per heavy atom. The third-order valence-electron chi connectivity index (χ3n) is 4.26. The molecule has 0 saturated carbocycles. The van der Waals surface area contributed by atoms with Gasteiger partial charge in [0, 0.05) is 10.7 Å². The van der Waals surface area contributed by atoms with Crippen LogP contribution in [0.25, 0.3) is 11.2 Å². The minimum absolute atomic E-state index is 0.403. The molecule has 0 aliphatic carbocycles. The van der Waals surface area contributed by atoms with E-state index in [1.807, 2.05) is 0 Å². The highest BCUT2D eigenvalue weighted by Crippen LogP contribution is 2.32. The van der Waals surface area contributed by atoms with Crippen LogP contribution in [-0.2, 0) is 4.74 Å². The lowest BCUT2D eigenvalue weighted by Crippen LogP contribution is -2.33. The van der Waals surface area contributed by atoms with Gasteiger partial charge in [-0.05, 0) is 24.3 Å². The number of hydrogen-bond acceptors (Lipinski definition) is 8. The maximum Gasteiger partial charge on any atom is 0.167 e. The van der Waals surface area contributed by atoms with E-state index in [4.69, 9.17) is 16.3 Å². The molecule has 136 valence electrons. The topological polar surface area (TPSA) is 126 Å². The second-order valence-corrected chi connectivity index (χ2v) is 6.34. The second-order valence-electron chi connectivity index (χ2n) is 5.91. The van der Waals surface area contributed by atoms with Gasteiger partial charge in [0.05, 0.1) is 12.9 Å². The molecular weight excluding hydrogens is 362 g/mol. The van der Waals surface area contributed by atoms with E-state index in [-0.39, 0.29) is 0 Å². The molecule has 4 rings (SSSR count). The van der Waals surface area contributed by atoms with Gasteiger partial charge in [-0.1, -0.05) is 11.6 Å². The molecule has 26 heavy (non-hydrogen) atoms. The number of hydrogen-bond donors (Lipinski definition) is 4. The van der Waals surface area contributed by atoms with Crippen molar-refractivity contribution >= 4 is 34.3 Å². The van der Waals surface area contributed by atoms with E-state index in [2.05, 4.69) is 20.3 Å². The van der Waals surface area contributed by atoms with Gasteiger partial charge in [-0.15, -0.1) is 0 Å². The predicted octanol–water partition coefficient (Wildman–Crippen LogP) is 0.835. The van der Waals surface area contributed by atoms with Gasteiger partial charge in [0.25, 0.3) is 0 Å². The van der Waals surface area contributed by atoms with Crippen LogP contribution in [0.2, 0.25) is 5.02 Å². The molecule has 0 bridgehead atoms. The highest BCUT2D eigenvalue weighted by molar-refractivity contribution is 6.30. The molecule has 1 unspecified atom stereocenters. The monoisotopic (exact) mass is 377 g/mol. The van der Waals surface area contributed by atoms with Crippen molar-refractivity contribution in [1.29, 1.82) is 0 Å². The molecule has 1 aromatic carbocycles. The lowest BCUT2D eigenvalue weighted by molar-refractivity contribution is -0.0511. The summed E-state index contributed by atoms with van der Waals surface area (Å²) in [6, 6.07) is 7.11. The molecule has 3 aromatic rings. The van der Waals surface area contributed by atoms with Crippen LogP contribution in [0.15, 0.2) is 36.9 Å². The SMILES string of the molecule is OC[C@H]1OC(n2cnc3c(Nc4ccc(Cl)cc4)ncnc32)[C@H](O)[C@@H]1O. The number of halogens is 1. The average Bonchev–Trinajstić information content (AvgIpc) is 3.19. The number of rotatable bonds is 4. The van der Waals surface area contributed by atoms with Crippen molar-refractivity contribution < 1.29 is 20.1 Å². The molecular formula is C16H16ClN5O4. The molecule has 9 nitrogen and oxygen atoms in total. The van der Waals surface area contributed by atoms with Gasteiger partial charge < -0.3 is 25.4 Å².